The van der Waals surface area contributed by atoms with E-state index in [-0.39, 0.29) is 36.4 Å². The topological polar surface area (TPSA) is 95.7 Å². The van der Waals surface area contributed by atoms with Crippen molar-refractivity contribution in [3.63, 3.8) is 0 Å². The molecule has 2 heterocycles. The first-order valence-electron chi connectivity index (χ1n) is 7.94. The molecule has 0 saturated heterocycles. The molecule has 3 rings (SSSR count). The van der Waals surface area contributed by atoms with Crippen LogP contribution < -0.4 is 16.0 Å². The summed E-state index contributed by atoms with van der Waals surface area (Å²) in [6.07, 6.45) is 1.87. The van der Waals surface area contributed by atoms with Crippen LogP contribution in [0.2, 0.25) is 0 Å². The Morgan fingerprint density at radius 2 is 2.04 bits per heavy atom. The smallest absolute Gasteiger partial charge is 0.243 e. The average Bonchev–Trinajstić information content (AvgIpc) is 3.05. The number of fused-ring (bicyclic) bond motifs is 1. The van der Waals surface area contributed by atoms with Gasteiger partial charge in [-0.2, -0.15) is 0 Å². The van der Waals surface area contributed by atoms with Crippen molar-refractivity contribution >= 4 is 47.2 Å². The van der Waals surface area contributed by atoms with Gasteiger partial charge < -0.3 is 16.0 Å². The van der Waals surface area contributed by atoms with Crippen LogP contribution in [0.4, 0.5) is 10.1 Å². The van der Waals surface area contributed by atoms with Crippen molar-refractivity contribution in [2.24, 2.45) is 4.99 Å². The number of nitrogens with zero attached hydrogens (tertiary/aromatic N) is 4. The number of hydrogen-bond donors (Lipinski definition) is 3. The minimum Gasteiger partial charge on any atom is -0.349 e. The van der Waals surface area contributed by atoms with Crippen molar-refractivity contribution in [2.75, 3.05) is 18.9 Å². The molecule has 0 bridgehead atoms. The molecule has 1 aromatic carbocycles. The molecule has 0 aliphatic heterocycles. The molecule has 3 aromatic rings. The summed E-state index contributed by atoms with van der Waals surface area (Å²) in [4.78, 5) is 16.0. The van der Waals surface area contributed by atoms with Gasteiger partial charge in [-0.15, -0.1) is 34.2 Å². The molecule has 0 aliphatic rings. The average molecular weight is 483 g/mol. The lowest BCUT2D eigenvalue weighted by atomic mass is 10.3. The normalized spacial score (nSPS) is 11.0. The number of aliphatic imine (C=N–C) groups is 1. The van der Waals surface area contributed by atoms with E-state index in [0.29, 0.717) is 24.0 Å². The molecule has 142 valence electrons. The molecule has 3 N–H and O–H groups in total. The van der Waals surface area contributed by atoms with E-state index in [1.54, 1.807) is 13.1 Å². The number of hydrogen-bond acceptors (Lipinski definition) is 4. The standard InChI is InChI=1S/C17H18FN7O.HI/c1-19-17(20-10-15-24-23-14-7-2-3-8-25(14)15)21-11-16(26)22-13-6-4-5-12(18)9-13;/h2-9H,10-11H2,1H3,(H,22,26)(H2,19,20,21);1H. The summed E-state index contributed by atoms with van der Waals surface area (Å²) < 4.78 is 15.0. The lowest BCUT2D eigenvalue weighted by Crippen LogP contribution is -2.41. The van der Waals surface area contributed by atoms with Crippen LogP contribution >= 0.6 is 24.0 Å². The number of guanidine groups is 1. The minimum atomic E-state index is -0.409. The van der Waals surface area contributed by atoms with Crippen LogP contribution in [0, 0.1) is 5.82 Å². The maximum Gasteiger partial charge on any atom is 0.243 e. The van der Waals surface area contributed by atoms with Gasteiger partial charge in [-0.3, -0.25) is 14.2 Å². The molecule has 0 fully saturated rings. The van der Waals surface area contributed by atoms with Gasteiger partial charge >= 0.3 is 0 Å². The fourth-order valence-corrected chi connectivity index (χ4v) is 2.33. The van der Waals surface area contributed by atoms with E-state index >= 15 is 0 Å². The molecule has 8 nitrogen and oxygen atoms in total. The van der Waals surface area contributed by atoms with E-state index in [2.05, 4.69) is 31.1 Å². The first kappa shape index (κ1) is 20.6. The van der Waals surface area contributed by atoms with E-state index in [1.807, 2.05) is 28.8 Å². The van der Waals surface area contributed by atoms with Crippen LogP contribution in [0.1, 0.15) is 5.82 Å². The third-order valence-electron chi connectivity index (χ3n) is 3.55. The third-order valence-corrected chi connectivity index (χ3v) is 3.55. The lowest BCUT2D eigenvalue weighted by molar-refractivity contribution is -0.115. The Kier molecular flexibility index (Phi) is 7.46. The quantitative estimate of drug-likeness (QED) is 0.292. The van der Waals surface area contributed by atoms with Crippen LogP contribution in [-0.4, -0.2) is 40.1 Å². The Bertz CT molecular complexity index is 944. The molecule has 0 spiro atoms. The van der Waals surface area contributed by atoms with E-state index in [9.17, 15) is 9.18 Å². The van der Waals surface area contributed by atoms with E-state index in [4.69, 9.17) is 0 Å². The Morgan fingerprint density at radius 1 is 1.19 bits per heavy atom. The summed E-state index contributed by atoms with van der Waals surface area (Å²) in [5.41, 5.74) is 1.15. The first-order valence-corrected chi connectivity index (χ1v) is 7.94. The minimum absolute atomic E-state index is 0. The number of carbonyl (C=O) groups excluding carboxylic acids is 1. The van der Waals surface area contributed by atoms with Crippen LogP contribution in [-0.2, 0) is 11.3 Å². The molecule has 1 amide bonds. The Hall–Kier alpha value is -2.76. The maximum absolute atomic E-state index is 13.1. The summed E-state index contributed by atoms with van der Waals surface area (Å²) in [6.45, 7) is 0.368. The number of benzene rings is 1. The highest BCUT2D eigenvalue weighted by Crippen LogP contribution is 2.08. The van der Waals surface area contributed by atoms with Crippen molar-refractivity contribution in [3.05, 3.63) is 60.3 Å². The highest BCUT2D eigenvalue weighted by Gasteiger charge is 2.07. The summed E-state index contributed by atoms with van der Waals surface area (Å²) in [5.74, 6) is 0.431. The summed E-state index contributed by atoms with van der Waals surface area (Å²) in [5, 5.41) is 16.7. The summed E-state index contributed by atoms with van der Waals surface area (Å²) in [6, 6.07) is 11.4. The van der Waals surface area contributed by atoms with Crippen LogP contribution in [0.3, 0.4) is 0 Å². The van der Waals surface area contributed by atoms with E-state index < -0.39 is 5.82 Å². The first-order chi connectivity index (χ1) is 12.7. The highest BCUT2D eigenvalue weighted by molar-refractivity contribution is 14.0. The number of amides is 1. The van der Waals surface area contributed by atoms with Gasteiger partial charge in [0.15, 0.2) is 17.4 Å². The van der Waals surface area contributed by atoms with E-state index in [1.165, 1.54) is 18.2 Å². The van der Waals surface area contributed by atoms with Gasteiger partial charge in [-0.25, -0.2) is 4.39 Å². The van der Waals surface area contributed by atoms with Crippen molar-refractivity contribution in [1.82, 2.24) is 25.2 Å². The molecular formula is C17H19FIN7O. The van der Waals surface area contributed by atoms with Crippen LogP contribution in [0.15, 0.2) is 53.7 Å². The van der Waals surface area contributed by atoms with Crippen molar-refractivity contribution in [3.8, 4) is 0 Å². The van der Waals surface area contributed by atoms with Gasteiger partial charge in [0.1, 0.15) is 5.82 Å². The number of halogens is 2. The second kappa shape index (κ2) is 9.80. The number of anilines is 1. The second-order valence-corrected chi connectivity index (χ2v) is 5.38. The van der Waals surface area contributed by atoms with Crippen molar-refractivity contribution < 1.29 is 9.18 Å². The molecule has 0 atom stereocenters. The van der Waals surface area contributed by atoms with Crippen molar-refractivity contribution in [1.29, 1.82) is 0 Å². The molecular weight excluding hydrogens is 464 g/mol. The van der Waals surface area contributed by atoms with Crippen LogP contribution in [0.5, 0.6) is 0 Å². The number of carbonyl (C=O) groups is 1. The predicted octanol–water partition coefficient (Wildman–Crippen LogP) is 1.79. The maximum atomic E-state index is 13.1. The predicted molar refractivity (Wildman–Crippen MR) is 112 cm³/mol. The summed E-state index contributed by atoms with van der Waals surface area (Å²) in [7, 11) is 1.60. The van der Waals surface area contributed by atoms with Gasteiger partial charge in [0, 0.05) is 18.9 Å². The monoisotopic (exact) mass is 483 g/mol. The zero-order chi connectivity index (χ0) is 18.4. The molecule has 0 unspecified atom stereocenters. The molecule has 10 heteroatoms. The summed E-state index contributed by atoms with van der Waals surface area (Å²) >= 11 is 0. The molecule has 27 heavy (non-hydrogen) atoms. The van der Waals surface area contributed by atoms with E-state index in [0.717, 1.165) is 5.65 Å². The second-order valence-electron chi connectivity index (χ2n) is 5.38. The highest BCUT2D eigenvalue weighted by atomic mass is 127. The zero-order valence-corrected chi connectivity index (χ0v) is 16.8. The van der Waals surface area contributed by atoms with Crippen molar-refractivity contribution in [2.45, 2.75) is 6.54 Å². The Labute approximate surface area is 172 Å². The number of rotatable bonds is 5. The number of pyridine rings is 1. The SMILES string of the molecule is CN=C(NCC(=O)Nc1cccc(F)c1)NCc1nnc2ccccn12.I. The van der Waals surface area contributed by atoms with Gasteiger partial charge in [0.05, 0.1) is 13.1 Å². The fourth-order valence-electron chi connectivity index (χ4n) is 2.33. The third kappa shape index (κ3) is 5.61. The molecule has 0 saturated carbocycles. The molecule has 0 aliphatic carbocycles. The van der Waals surface area contributed by atoms with Gasteiger partial charge in [0.2, 0.25) is 5.91 Å². The zero-order valence-electron chi connectivity index (χ0n) is 14.5. The van der Waals surface area contributed by atoms with Gasteiger partial charge in [-0.1, -0.05) is 12.1 Å². The lowest BCUT2D eigenvalue weighted by Gasteiger charge is -2.11. The largest absolute Gasteiger partial charge is 0.349 e. The number of aromatic nitrogens is 3. The Morgan fingerprint density at radius 3 is 2.81 bits per heavy atom. The van der Waals surface area contributed by atoms with Gasteiger partial charge in [-0.05, 0) is 30.3 Å². The fraction of sp³-hybridized carbons (Fsp3) is 0.176. The molecule has 0 radical (unpaired) electrons. The van der Waals surface area contributed by atoms with Crippen LogP contribution in [0.25, 0.3) is 5.65 Å². The molecule has 2 aromatic heterocycles. The Balaban J connectivity index is 0.00000261. The number of nitrogens with one attached hydrogen (secondary N) is 3. The van der Waals surface area contributed by atoms with Gasteiger partial charge in [0.25, 0.3) is 0 Å².